The molecule has 0 saturated heterocycles. The van der Waals surface area contributed by atoms with Crippen LogP contribution in [0.25, 0.3) is 0 Å². The van der Waals surface area contributed by atoms with Crippen molar-refractivity contribution in [3.63, 3.8) is 0 Å². The van der Waals surface area contributed by atoms with E-state index < -0.39 is 10.7 Å². The molecule has 2 atom stereocenters. The molecule has 28 heavy (non-hydrogen) atoms. The van der Waals surface area contributed by atoms with E-state index in [4.69, 9.17) is 17.3 Å². The maximum Gasteiger partial charge on any atom is 0.241 e. The summed E-state index contributed by atoms with van der Waals surface area (Å²) in [4.78, 5) is 11.9. The van der Waals surface area contributed by atoms with Crippen LogP contribution in [0.5, 0.6) is 0 Å². The summed E-state index contributed by atoms with van der Waals surface area (Å²) in [5.74, 6) is -0.468. The molecular formula is C21H21ClFN3OS. The first-order valence-corrected chi connectivity index (χ1v) is 10.5. The molecule has 0 fully saturated rings. The molecule has 1 heterocycles. The highest BCUT2D eigenvalue weighted by Crippen LogP contribution is 2.57. The average Bonchev–Trinajstić information content (AvgIpc) is 3.08. The van der Waals surface area contributed by atoms with Gasteiger partial charge in [0.1, 0.15) is 15.7 Å². The second-order valence-corrected chi connectivity index (χ2v) is 8.78. The lowest BCUT2D eigenvalue weighted by Gasteiger charge is -2.45. The molecule has 1 amide bonds. The number of hydrogen-bond acceptors (Lipinski definition) is 4. The van der Waals surface area contributed by atoms with Gasteiger partial charge in [-0.25, -0.2) is 9.40 Å². The minimum absolute atomic E-state index is 0.116. The maximum absolute atomic E-state index is 14.6. The van der Waals surface area contributed by atoms with Crippen LogP contribution in [-0.2, 0) is 16.1 Å². The molecule has 1 aliphatic carbocycles. The van der Waals surface area contributed by atoms with Gasteiger partial charge < -0.3 is 5.73 Å². The molecule has 2 aromatic rings. The molecule has 0 bridgehead atoms. The molecule has 0 radical (unpaired) electrons. The molecule has 2 N–H and O–H groups in total. The molecule has 0 unspecified atom stereocenters. The van der Waals surface area contributed by atoms with E-state index in [-0.39, 0.29) is 11.8 Å². The van der Waals surface area contributed by atoms with E-state index in [2.05, 4.69) is 11.2 Å². The highest BCUT2D eigenvalue weighted by atomic mass is 35.5. The van der Waals surface area contributed by atoms with Gasteiger partial charge in [0.2, 0.25) is 5.91 Å². The third-order valence-corrected chi connectivity index (χ3v) is 7.22. The van der Waals surface area contributed by atoms with Gasteiger partial charge in [-0.3, -0.25) is 4.79 Å². The molecule has 4 nitrogen and oxygen atoms in total. The standard InChI is InChI=1S/C21H21ClFN3OS/c1-13(27)26-21(28-20(25-26)17-12-16(22)8-9-19(17)23)15(10-11-24)7-6-14-4-2-3-5-18(14)21/h2-5,8-9,12,15H,6-7,10-11,24H2,1H3/t15-,21-/m0/s1. The van der Waals surface area contributed by atoms with Crippen LogP contribution in [0.1, 0.15) is 36.5 Å². The van der Waals surface area contributed by atoms with Crippen molar-refractivity contribution < 1.29 is 9.18 Å². The summed E-state index contributed by atoms with van der Waals surface area (Å²) in [5.41, 5.74) is 8.48. The lowest BCUT2D eigenvalue weighted by atomic mass is 9.77. The molecule has 2 aliphatic rings. The van der Waals surface area contributed by atoms with Crippen LogP contribution in [0, 0.1) is 11.7 Å². The summed E-state index contributed by atoms with van der Waals surface area (Å²) in [6.45, 7) is 2.02. The number of carbonyl (C=O) groups excluding carboxylic acids is 1. The fraction of sp³-hybridized carbons (Fsp3) is 0.333. The van der Waals surface area contributed by atoms with E-state index in [9.17, 15) is 9.18 Å². The van der Waals surface area contributed by atoms with Crippen molar-refractivity contribution in [1.29, 1.82) is 0 Å². The van der Waals surface area contributed by atoms with Crippen LogP contribution in [0.3, 0.4) is 0 Å². The van der Waals surface area contributed by atoms with Crippen LogP contribution < -0.4 is 5.73 Å². The number of halogens is 2. The Morgan fingerprint density at radius 3 is 2.93 bits per heavy atom. The van der Waals surface area contributed by atoms with Crippen LogP contribution in [0.15, 0.2) is 47.6 Å². The second kappa shape index (κ2) is 7.50. The molecule has 0 aromatic heterocycles. The minimum atomic E-state index is -0.718. The Bertz CT molecular complexity index is 966. The summed E-state index contributed by atoms with van der Waals surface area (Å²) < 4.78 is 14.6. The van der Waals surface area contributed by atoms with Crippen LogP contribution in [0.4, 0.5) is 4.39 Å². The largest absolute Gasteiger partial charge is 0.330 e. The maximum atomic E-state index is 14.6. The van der Waals surface area contributed by atoms with E-state index in [0.29, 0.717) is 22.2 Å². The predicted molar refractivity (Wildman–Crippen MR) is 112 cm³/mol. The van der Waals surface area contributed by atoms with Crippen molar-refractivity contribution in [1.82, 2.24) is 5.01 Å². The van der Waals surface area contributed by atoms with Crippen LogP contribution >= 0.6 is 23.4 Å². The van der Waals surface area contributed by atoms with E-state index in [1.165, 1.54) is 41.4 Å². The summed E-state index contributed by atoms with van der Waals surface area (Å²) in [5, 5.41) is 7.02. The van der Waals surface area contributed by atoms with Gasteiger partial charge in [-0.2, -0.15) is 5.10 Å². The molecular weight excluding hydrogens is 397 g/mol. The Morgan fingerprint density at radius 2 is 2.18 bits per heavy atom. The minimum Gasteiger partial charge on any atom is -0.330 e. The van der Waals surface area contributed by atoms with Crippen molar-refractivity contribution >= 4 is 34.3 Å². The van der Waals surface area contributed by atoms with Crippen molar-refractivity contribution in [2.24, 2.45) is 16.8 Å². The first-order chi connectivity index (χ1) is 13.5. The zero-order valence-corrected chi connectivity index (χ0v) is 17.1. The highest BCUT2D eigenvalue weighted by Gasteiger charge is 2.55. The molecule has 0 saturated carbocycles. The zero-order chi connectivity index (χ0) is 19.9. The third-order valence-electron chi connectivity index (χ3n) is 5.45. The Morgan fingerprint density at radius 1 is 1.39 bits per heavy atom. The van der Waals surface area contributed by atoms with Crippen molar-refractivity contribution in [2.75, 3.05) is 6.54 Å². The smallest absolute Gasteiger partial charge is 0.241 e. The second-order valence-electron chi connectivity index (χ2n) is 7.13. The topological polar surface area (TPSA) is 58.7 Å². The molecule has 146 valence electrons. The molecule has 4 rings (SSSR count). The number of amides is 1. The number of hydrogen-bond donors (Lipinski definition) is 1. The summed E-state index contributed by atoms with van der Waals surface area (Å²) in [6.07, 6.45) is 2.58. The van der Waals surface area contributed by atoms with Crippen molar-refractivity contribution in [2.45, 2.75) is 31.1 Å². The van der Waals surface area contributed by atoms with Gasteiger partial charge in [-0.05, 0) is 61.1 Å². The average molecular weight is 418 g/mol. The lowest BCUT2D eigenvalue weighted by Crippen LogP contribution is -2.49. The first kappa shape index (κ1) is 19.4. The number of carbonyl (C=O) groups is 1. The summed E-state index contributed by atoms with van der Waals surface area (Å²) in [6, 6.07) is 12.5. The molecule has 1 aliphatic heterocycles. The third kappa shape index (κ3) is 3.04. The first-order valence-electron chi connectivity index (χ1n) is 9.29. The number of fused-ring (bicyclic) bond motifs is 2. The van der Waals surface area contributed by atoms with Gasteiger partial charge in [-0.15, -0.1) is 0 Å². The van der Waals surface area contributed by atoms with Gasteiger partial charge in [0.05, 0.1) is 0 Å². The van der Waals surface area contributed by atoms with Crippen LogP contribution in [0.2, 0.25) is 5.02 Å². The van der Waals surface area contributed by atoms with Crippen molar-refractivity contribution in [3.05, 3.63) is 70.0 Å². The van der Waals surface area contributed by atoms with E-state index in [1.807, 2.05) is 18.2 Å². The Kier molecular flexibility index (Phi) is 5.21. The van der Waals surface area contributed by atoms with Gasteiger partial charge >= 0.3 is 0 Å². The highest BCUT2D eigenvalue weighted by molar-refractivity contribution is 8.15. The molecule has 2 aromatic carbocycles. The lowest BCUT2D eigenvalue weighted by molar-refractivity contribution is -0.134. The van der Waals surface area contributed by atoms with Crippen molar-refractivity contribution in [3.8, 4) is 0 Å². The van der Waals surface area contributed by atoms with Gasteiger partial charge in [0.25, 0.3) is 0 Å². The Labute approximate surface area is 172 Å². The number of nitrogens with two attached hydrogens (primary N) is 1. The number of nitrogens with zero attached hydrogens (tertiary/aromatic N) is 2. The van der Waals surface area contributed by atoms with E-state index in [1.54, 1.807) is 6.07 Å². The fourth-order valence-electron chi connectivity index (χ4n) is 4.25. The zero-order valence-electron chi connectivity index (χ0n) is 15.5. The van der Waals surface area contributed by atoms with E-state index in [0.717, 1.165) is 24.8 Å². The molecule has 7 heteroatoms. The number of aryl methyl sites for hydroxylation is 1. The number of hydrazone groups is 1. The monoisotopic (exact) mass is 417 g/mol. The number of rotatable bonds is 3. The predicted octanol–water partition coefficient (Wildman–Crippen LogP) is 4.50. The Balaban J connectivity index is 1.89. The van der Waals surface area contributed by atoms with E-state index >= 15 is 0 Å². The van der Waals surface area contributed by atoms with Crippen LogP contribution in [-0.4, -0.2) is 22.5 Å². The fourth-order valence-corrected chi connectivity index (χ4v) is 6.07. The quantitative estimate of drug-likeness (QED) is 0.799. The number of benzene rings is 2. The SMILES string of the molecule is CC(=O)N1N=C(c2cc(Cl)ccc2F)S[C@@]12c1ccccc1CC[C@H]2CCN. The Hall–Kier alpha value is -1.89. The van der Waals surface area contributed by atoms with Gasteiger partial charge in [-0.1, -0.05) is 47.6 Å². The number of thioether (sulfide) groups is 1. The summed E-state index contributed by atoms with van der Waals surface area (Å²) in [7, 11) is 0. The normalized spacial score (nSPS) is 23.6. The summed E-state index contributed by atoms with van der Waals surface area (Å²) >= 11 is 7.54. The van der Waals surface area contributed by atoms with Gasteiger partial charge in [0.15, 0.2) is 0 Å². The molecule has 1 spiro atoms. The van der Waals surface area contributed by atoms with Gasteiger partial charge in [0, 0.05) is 17.5 Å².